The predicted octanol–water partition coefficient (Wildman–Crippen LogP) is 1.72. The van der Waals surface area contributed by atoms with E-state index in [4.69, 9.17) is 9.47 Å². The van der Waals surface area contributed by atoms with E-state index in [0.717, 1.165) is 0 Å². The third-order valence-corrected chi connectivity index (χ3v) is 2.98. The van der Waals surface area contributed by atoms with Crippen molar-refractivity contribution in [1.82, 2.24) is 0 Å². The first kappa shape index (κ1) is 14.4. The number of hydrogen-bond donors (Lipinski definition) is 0. The van der Waals surface area contributed by atoms with Crippen LogP contribution in [0.2, 0.25) is 0 Å². The lowest BCUT2D eigenvalue weighted by Gasteiger charge is -2.24. The van der Waals surface area contributed by atoms with Crippen LogP contribution in [0, 0.1) is 11.8 Å². The highest BCUT2D eigenvalue weighted by Crippen LogP contribution is 2.30. The fourth-order valence-electron chi connectivity index (χ4n) is 1.98. The molecule has 0 aromatic heterocycles. The van der Waals surface area contributed by atoms with Gasteiger partial charge in [0, 0.05) is 5.71 Å². The van der Waals surface area contributed by atoms with Crippen molar-refractivity contribution in [3.63, 3.8) is 0 Å². The summed E-state index contributed by atoms with van der Waals surface area (Å²) in [7, 11) is 2.65. The Hall–Kier alpha value is -1.65. The van der Waals surface area contributed by atoms with Gasteiger partial charge in [0.05, 0.1) is 31.4 Å². The number of methoxy groups -OCH3 is 2. The molecule has 0 radical (unpaired) electrons. The molecule has 0 amide bonds. The molecule has 0 saturated carbocycles. The maximum atomic E-state index is 11.7. The van der Waals surface area contributed by atoms with Crippen molar-refractivity contribution in [2.24, 2.45) is 16.8 Å². The molecule has 0 aromatic rings. The lowest BCUT2D eigenvalue weighted by molar-refractivity contribution is -0.143. The fourth-order valence-corrected chi connectivity index (χ4v) is 1.98. The van der Waals surface area contributed by atoms with Crippen LogP contribution in [0.3, 0.4) is 0 Å². The molecule has 1 rings (SSSR count). The van der Waals surface area contributed by atoms with Gasteiger partial charge < -0.3 is 9.47 Å². The molecule has 18 heavy (non-hydrogen) atoms. The largest absolute Gasteiger partial charge is 0.469 e. The molecule has 0 aromatic carbocycles. The van der Waals surface area contributed by atoms with Gasteiger partial charge in [0.15, 0.2) is 0 Å². The lowest BCUT2D eigenvalue weighted by atomic mass is 9.88. The number of rotatable bonds is 3. The molecule has 1 atom stereocenters. The van der Waals surface area contributed by atoms with E-state index < -0.39 is 11.9 Å². The first-order valence-electron chi connectivity index (χ1n) is 5.86. The van der Waals surface area contributed by atoms with Crippen molar-refractivity contribution in [3.8, 4) is 0 Å². The van der Waals surface area contributed by atoms with Crippen molar-refractivity contribution >= 4 is 17.7 Å². The molecule has 5 nitrogen and oxygen atoms in total. The van der Waals surface area contributed by atoms with E-state index >= 15 is 0 Å². The number of esters is 2. The third kappa shape index (κ3) is 2.78. The van der Waals surface area contributed by atoms with Gasteiger partial charge in [-0.1, -0.05) is 13.8 Å². The van der Waals surface area contributed by atoms with Crippen LogP contribution in [0.4, 0.5) is 0 Å². The minimum atomic E-state index is -0.494. The Bertz CT molecular complexity index is 421. The number of carbonyl (C=O) groups excluding carboxylic acids is 2. The number of nitrogens with zero attached hydrogens (tertiary/aromatic N) is 1. The summed E-state index contributed by atoms with van der Waals surface area (Å²) in [5, 5.41) is 0. The van der Waals surface area contributed by atoms with Crippen molar-refractivity contribution in [2.45, 2.75) is 27.2 Å². The zero-order valence-electron chi connectivity index (χ0n) is 11.4. The Balaban J connectivity index is 3.17. The summed E-state index contributed by atoms with van der Waals surface area (Å²) in [6, 6.07) is 0. The molecule has 1 aliphatic rings. The average molecular weight is 253 g/mol. The highest BCUT2D eigenvalue weighted by molar-refractivity contribution is 6.05. The number of allylic oxidation sites excluding steroid dienone is 1. The van der Waals surface area contributed by atoms with E-state index in [1.165, 1.54) is 14.2 Å². The topological polar surface area (TPSA) is 65.0 Å². The van der Waals surface area contributed by atoms with Gasteiger partial charge in [-0.3, -0.25) is 9.79 Å². The van der Waals surface area contributed by atoms with Gasteiger partial charge in [0.25, 0.3) is 0 Å². The predicted molar refractivity (Wildman–Crippen MR) is 67.1 cm³/mol. The standard InChI is InChI=1S/C13H19NO4/c1-7(2)11-10(13(16)18-5)6-9(8(3)14-11)12(15)17-4/h7,9H,6H2,1-5H3. The van der Waals surface area contributed by atoms with Crippen LogP contribution in [-0.2, 0) is 19.1 Å². The summed E-state index contributed by atoms with van der Waals surface area (Å²) < 4.78 is 9.47. The molecule has 1 aliphatic heterocycles. The Morgan fingerprint density at radius 1 is 1.28 bits per heavy atom. The van der Waals surface area contributed by atoms with E-state index in [-0.39, 0.29) is 11.9 Å². The van der Waals surface area contributed by atoms with Crippen LogP contribution < -0.4 is 0 Å². The Morgan fingerprint density at radius 3 is 2.33 bits per heavy atom. The number of hydrogen-bond acceptors (Lipinski definition) is 5. The maximum absolute atomic E-state index is 11.7. The SMILES string of the molecule is COC(=O)C1=C(C(C)C)N=C(C)C(C(=O)OC)C1. The third-order valence-electron chi connectivity index (χ3n) is 2.98. The van der Waals surface area contributed by atoms with Crippen molar-refractivity contribution in [3.05, 3.63) is 11.3 Å². The second kappa shape index (κ2) is 5.80. The summed E-state index contributed by atoms with van der Waals surface area (Å²) in [6.07, 6.45) is 0.294. The molecule has 0 N–H and O–H groups in total. The zero-order valence-corrected chi connectivity index (χ0v) is 11.4. The smallest absolute Gasteiger partial charge is 0.335 e. The van der Waals surface area contributed by atoms with Crippen LogP contribution in [0.1, 0.15) is 27.2 Å². The van der Waals surface area contributed by atoms with Gasteiger partial charge in [0.2, 0.25) is 0 Å². The van der Waals surface area contributed by atoms with Crippen molar-refractivity contribution in [1.29, 1.82) is 0 Å². The summed E-state index contributed by atoms with van der Waals surface area (Å²) in [4.78, 5) is 27.8. The van der Waals surface area contributed by atoms with Gasteiger partial charge in [-0.25, -0.2) is 4.79 Å². The molecule has 1 unspecified atom stereocenters. The van der Waals surface area contributed by atoms with Crippen LogP contribution in [0.5, 0.6) is 0 Å². The van der Waals surface area contributed by atoms with Gasteiger partial charge in [0.1, 0.15) is 0 Å². The number of ether oxygens (including phenoxy) is 2. The second-order valence-electron chi connectivity index (χ2n) is 4.54. The molecule has 0 spiro atoms. The molecule has 0 fully saturated rings. The first-order valence-corrected chi connectivity index (χ1v) is 5.86. The quantitative estimate of drug-likeness (QED) is 0.718. The first-order chi connectivity index (χ1) is 8.42. The van der Waals surface area contributed by atoms with Crippen LogP contribution in [-0.4, -0.2) is 31.9 Å². The summed E-state index contributed by atoms with van der Waals surface area (Å²) in [5.41, 5.74) is 1.84. The lowest BCUT2D eigenvalue weighted by Crippen LogP contribution is -2.30. The molecule has 100 valence electrons. The molecule has 1 heterocycles. The maximum Gasteiger partial charge on any atom is 0.335 e. The monoisotopic (exact) mass is 253 g/mol. The molecule has 0 aliphatic carbocycles. The van der Waals surface area contributed by atoms with E-state index in [1.807, 2.05) is 13.8 Å². The summed E-state index contributed by atoms with van der Waals surface area (Å²) >= 11 is 0. The minimum absolute atomic E-state index is 0.104. The fraction of sp³-hybridized carbons (Fsp3) is 0.615. The average Bonchev–Trinajstić information content (AvgIpc) is 2.36. The van der Waals surface area contributed by atoms with Crippen molar-refractivity contribution in [2.75, 3.05) is 14.2 Å². The normalized spacial score (nSPS) is 19.7. The molecule has 0 bridgehead atoms. The second-order valence-corrected chi connectivity index (χ2v) is 4.54. The Kier molecular flexibility index (Phi) is 4.64. The van der Waals surface area contributed by atoms with Crippen LogP contribution in [0.15, 0.2) is 16.3 Å². The number of aliphatic imine (C=N–C) groups is 1. The minimum Gasteiger partial charge on any atom is -0.469 e. The van der Waals surface area contributed by atoms with Gasteiger partial charge >= 0.3 is 11.9 Å². The molecule has 0 saturated heterocycles. The Labute approximate surface area is 107 Å². The van der Waals surface area contributed by atoms with E-state index in [2.05, 4.69) is 4.99 Å². The van der Waals surface area contributed by atoms with Gasteiger partial charge in [-0.15, -0.1) is 0 Å². The highest BCUT2D eigenvalue weighted by atomic mass is 16.5. The van der Waals surface area contributed by atoms with E-state index in [9.17, 15) is 9.59 Å². The summed E-state index contributed by atoms with van der Waals surface area (Å²) in [6.45, 7) is 5.68. The van der Waals surface area contributed by atoms with Crippen molar-refractivity contribution < 1.29 is 19.1 Å². The van der Waals surface area contributed by atoms with E-state index in [0.29, 0.717) is 23.4 Å². The molecular weight excluding hydrogens is 234 g/mol. The summed E-state index contributed by atoms with van der Waals surface area (Å²) in [5.74, 6) is -1.19. The van der Waals surface area contributed by atoms with Crippen LogP contribution in [0.25, 0.3) is 0 Å². The molecule has 5 heteroatoms. The zero-order chi connectivity index (χ0) is 13.9. The van der Waals surface area contributed by atoms with Gasteiger partial charge in [-0.05, 0) is 19.3 Å². The number of carbonyl (C=O) groups is 2. The molecular formula is C13H19NO4. The van der Waals surface area contributed by atoms with Crippen LogP contribution >= 0.6 is 0 Å². The highest BCUT2D eigenvalue weighted by Gasteiger charge is 2.33. The van der Waals surface area contributed by atoms with E-state index in [1.54, 1.807) is 6.92 Å². The Morgan fingerprint density at radius 2 is 1.89 bits per heavy atom. The van der Waals surface area contributed by atoms with Gasteiger partial charge in [-0.2, -0.15) is 0 Å².